The molecule has 0 saturated heterocycles. The van der Waals surface area contributed by atoms with Gasteiger partial charge in [-0.25, -0.2) is 9.59 Å². The first-order valence-corrected chi connectivity index (χ1v) is 14.0. The Kier molecular flexibility index (Phi) is 9.30. The molecule has 1 atom stereocenters. The van der Waals surface area contributed by atoms with Crippen LogP contribution in [0, 0.1) is 5.92 Å². The summed E-state index contributed by atoms with van der Waals surface area (Å²) in [6, 6.07) is 21.4. The van der Waals surface area contributed by atoms with Gasteiger partial charge in [0.2, 0.25) is 11.8 Å². The van der Waals surface area contributed by atoms with E-state index in [0.29, 0.717) is 11.3 Å². The van der Waals surface area contributed by atoms with E-state index in [1.54, 1.807) is 58.9 Å². The predicted molar refractivity (Wildman–Crippen MR) is 160 cm³/mol. The molecular formula is C33H37N3O6. The van der Waals surface area contributed by atoms with Crippen LogP contribution in [-0.4, -0.2) is 48.7 Å². The Morgan fingerprint density at radius 1 is 0.833 bits per heavy atom. The number of esters is 1. The van der Waals surface area contributed by atoms with Gasteiger partial charge in [-0.2, -0.15) is 0 Å². The van der Waals surface area contributed by atoms with Crippen molar-refractivity contribution in [3.05, 3.63) is 89.5 Å². The van der Waals surface area contributed by atoms with Gasteiger partial charge in [-0.05, 0) is 73.2 Å². The van der Waals surface area contributed by atoms with Crippen molar-refractivity contribution in [3.63, 3.8) is 0 Å². The first-order chi connectivity index (χ1) is 19.9. The Morgan fingerprint density at radius 2 is 1.40 bits per heavy atom. The molecule has 0 fully saturated rings. The number of rotatable bonds is 9. The van der Waals surface area contributed by atoms with Crippen molar-refractivity contribution in [1.82, 2.24) is 10.6 Å². The van der Waals surface area contributed by atoms with Crippen LogP contribution in [0.25, 0.3) is 11.1 Å². The number of amides is 3. The molecule has 3 aromatic rings. The molecule has 4 rings (SSSR count). The lowest BCUT2D eigenvalue weighted by Gasteiger charge is -2.22. The molecular weight excluding hydrogens is 534 g/mol. The van der Waals surface area contributed by atoms with E-state index in [0.717, 1.165) is 22.3 Å². The summed E-state index contributed by atoms with van der Waals surface area (Å²) in [5.74, 6) is -1.78. The van der Waals surface area contributed by atoms with Gasteiger partial charge < -0.3 is 25.4 Å². The summed E-state index contributed by atoms with van der Waals surface area (Å²) in [7, 11) is 0. The number of alkyl carbamates (subject to hydrolysis) is 1. The molecule has 0 unspecified atom stereocenters. The monoisotopic (exact) mass is 571 g/mol. The van der Waals surface area contributed by atoms with Crippen molar-refractivity contribution >= 4 is 29.6 Å². The maximum absolute atomic E-state index is 12.9. The second-order valence-corrected chi connectivity index (χ2v) is 11.5. The van der Waals surface area contributed by atoms with Crippen molar-refractivity contribution in [1.29, 1.82) is 0 Å². The van der Waals surface area contributed by atoms with E-state index in [2.05, 4.69) is 28.1 Å². The molecule has 1 aliphatic carbocycles. The van der Waals surface area contributed by atoms with Crippen LogP contribution in [0.2, 0.25) is 0 Å². The molecule has 9 nitrogen and oxygen atoms in total. The molecule has 0 heterocycles. The SMILES string of the molecule is CC(C)[C@H](NC(=O)OCC1c2ccccc2-c2ccccc21)C(=O)NCC(=O)Nc1ccc(C(=O)OC(C)(C)C)cc1. The lowest BCUT2D eigenvalue weighted by atomic mass is 9.98. The summed E-state index contributed by atoms with van der Waals surface area (Å²) in [6.45, 7) is 8.76. The van der Waals surface area contributed by atoms with E-state index in [1.165, 1.54) is 0 Å². The van der Waals surface area contributed by atoms with Crippen molar-refractivity contribution in [3.8, 4) is 11.1 Å². The molecule has 220 valence electrons. The number of ether oxygens (including phenoxy) is 2. The molecule has 42 heavy (non-hydrogen) atoms. The Bertz CT molecular complexity index is 1410. The fourth-order valence-corrected chi connectivity index (χ4v) is 4.81. The van der Waals surface area contributed by atoms with E-state index in [-0.39, 0.29) is 25.0 Å². The third-order valence-electron chi connectivity index (χ3n) is 6.79. The Morgan fingerprint density at radius 3 is 1.95 bits per heavy atom. The number of hydrogen-bond donors (Lipinski definition) is 3. The smallest absolute Gasteiger partial charge is 0.407 e. The fraction of sp³-hybridized carbons (Fsp3) is 0.333. The fourth-order valence-electron chi connectivity index (χ4n) is 4.81. The number of nitrogens with one attached hydrogen (secondary N) is 3. The molecule has 0 saturated carbocycles. The minimum atomic E-state index is -0.901. The minimum Gasteiger partial charge on any atom is -0.456 e. The Balaban J connectivity index is 1.27. The topological polar surface area (TPSA) is 123 Å². The zero-order valence-electron chi connectivity index (χ0n) is 24.5. The molecule has 0 bridgehead atoms. The zero-order chi connectivity index (χ0) is 30.4. The second kappa shape index (κ2) is 12.9. The van der Waals surface area contributed by atoms with Gasteiger partial charge in [-0.1, -0.05) is 62.4 Å². The van der Waals surface area contributed by atoms with Crippen molar-refractivity contribution in [2.75, 3.05) is 18.5 Å². The van der Waals surface area contributed by atoms with E-state index in [1.807, 2.05) is 36.4 Å². The molecule has 3 N–H and O–H groups in total. The highest BCUT2D eigenvalue weighted by Gasteiger charge is 2.30. The average Bonchev–Trinajstić information content (AvgIpc) is 3.26. The van der Waals surface area contributed by atoms with E-state index in [4.69, 9.17) is 9.47 Å². The summed E-state index contributed by atoms with van der Waals surface area (Å²) in [5, 5.41) is 7.89. The summed E-state index contributed by atoms with van der Waals surface area (Å²) in [6.07, 6.45) is -0.708. The van der Waals surface area contributed by atoms with Crippen LogP contribution >= 0.6 is 0 Å². The zero-order valence-corrected chi connectivity index (χ0v) is 24.5. The highest BCUT2D eigenvalue weighted by atomic mass is 16.6. The number of benzene rings is 3. The third kappa shape index (κ3) is 7.54. The van der Waals surface area contributed by atoms with Gasteiger partial charge >= 0.3 is 12.1 Å². The normalized spacial score (nSPS) is 13.0. The first kappa shape index (κ1) is 30.3. The molecule has 1 aliphatic rings. The van der Waals surface area contributed by atoms with Crippen LogP contribution in [-0.2, 0) is 19.1 Å². The second-order valence-electron chi connectivity index (χ2n) is 11.5. The molecule has 3 amide bonds. The summed E-state index contributed by atoms with van der Waals surface area (Å²) >= 11 is 0. The maximum Gasteiger partial charge on any atom is 0.407 e. The summed E-state index contributed by atoms with van der Waals surface area (Å²) in [4.78, 5) is 50.3. The van der Waals surface area contributed by atoms with Crippen molar-refractivity contribution in [2.45, 2.75) is 52.2 Å². The lowest BCUT2D eigenvalue weighted by Crippen LogP contribution is -2.51. The van der Waals surface area contributed by atoms with Crippen LogP contribution in [0.4, 0.5) is 10.5 Å². The van der Waals surface area contributed by atoms with Crippen LogP contribution in [0.3, 0.4) is 0 Å². The van der Waals surface area contributed by atoms with Gasteiger partial charge in [-0.3, -0.25) is 9.59 Å². The van der Waals surface area contributed by atoms with E-state index < -0.39 is 35.5 Å². The van der Waals surface area contributed by atoms with Gasteiger partial charge in [0.05, 0.1) is 12.1 Å². The summed E-state index contributed by atoms with van der Waals surface area (Å²) < 4.78 is 10.9. The van der Waals surface area contributed by atoms with Crippen LogP contribution in [0.1, 0.15) is 62.0 Å². The predicted octanol–water partition coefficient (Wildman–Crippen LogP) is 5.26. The minimum absolute atomic E-state index is 0.101. The molecule has 3 aromatic carbocycles. The van der Waals surface area contributed by atoms with Gasteiger partial charge in [0.1, 0.15) is 18.2 Å². The standard InChI is InChI=1S/C33H37N3O6/c1-20(2)29(30(38)34-18-28(37)35-22-16-14-21(15-17-22)31(39)42-33(3,4)5)36-32(40)41-19-27-25-12-8-6-10-23(25)24-11-7-9-13-26(24)27/h6-17,20,27,29H,18-19H2,1-5H3,(H,34,38)(H,35,37)(H,36,40)/t29-/m0/s1. The van der Waals surface area contributed by atoms with Crippen LogP contribution in [0.15, 0.2) is 72.8 Å². The van der Waals surface area contributed by atoms with Crippen molar-refractivity contribution in [2.24, 2.45) is 5.92 Å². The number of fused-ring (bicyclic) bond motifs is 3. The van der Waals surface area contributed by atoms with Gasteiger partial charge in [0, 0.05) is 11.6 Å². The van der Waals surface area contributed by atoms with Gasteiger partial charge in [0.15, 0.2) is 0 Å². The number of carbonyl (C=O) groups is 4. The molecule has 0 aromatic heterocycles. The quantitative estimate of drug-likeness (QED) is 0.301. The Labute approximate surface area is 246 Å². The van der Waals surface area contributed by atoms with E-state index >= 15 is 0 Å². The molecule has 0 spiro atoms. The van der Waals surface area contributed by atoms with Crippen LogP contribution in [0.5, 0.6) is 0 Å². The number of anilines is 1. The van der Waals surface area contributed by atoms with Crippen molar-refractivity contribution < 1.29 is 28.7 Å². The molecule has 9 heteroatoms. The van der Waals surface area contributed by atoms with Crippen LogP contribution < -0.4 is 16.0 Å². The van der Waals surface area contributed by atoms with Gasteiger partial charge in [-0.15, -0.1) is 0 Å². The largest absolute Gasteiger partial charge is 0.456 e. The first-order valence-electron chi connectivity index (χ1n) is 14.0. The van der Waals surface area contributed by atoms with E-state index in [9.17, 15) is 19.2 Å². The number of hydrogen-bond acceptors (Lipinski definition) is 6. The maximum atomic E-state index is 12.9. The third-order valence-corrected chi connectivity index (χ3v) is 6.79. The highest BCUT2D eigenvalue weighted by Crippen LogP contribution is 2.44. The molecule has 0 radical (unpaired) electrons. The lowest BCUT2D eigenvalue weighted by molar-refractivity contribution is -0.126. The van der Waals surface area contributed by atoms with Gasteiger partial charge in [0.25, 0.3) is 0 Å². The highest BCUT2D eigenvalue weighted by molar-refractivity contribution is 5.96. The Hall–Kier alpha value is -4.66. The molecule has 0 aliphatic heterocycles. The number of carbonyl (C=O) groups excluding carboxylic acids is 4. The average molecular weight is 572 g/mol. The summed E-state index contributed by atoms with van der Waals surface area (Å²) in [5.41, 5.74) is 4.63.